The number of hydrogen-bond donors (Lipinski definition) is 0. The van der Waals surface area contributed by atoms with Gasteiger partial charge in [-0.1, -0.05) is 38.1 Å². The zero-order valence-electron chi connectivity index (χ0n) is 8.46. The molecule has 0 bridgehead atoms. The maximum atomic E-state index is 2.55. The maximum absolute atomic E-state index is 2.55. The second-order valence-corrected chi connectivity index (χ2v) is 3.69. The minimum Gasteiger partial charge on any atom is -0.292 e. The molecule has 0 radical (unpaired) electrons. The molecule has 0 spiro atoms. The van der Waals surface area contributed by atoms with Gasteiger partial charge in [-0.05, 0) is 24.1 Å². The van der Waals surface area contributed by atoms with Crippen LogP contribution in [0.15, 0.2) is 24.3 Å². The van der Waals surface area contributed by atoms with E-state index in [2.05, 4.69) is 43.0 Å². The van der Waals surface area contributed by atoms with Crippen LogP contribution in [0.3, 0.4) is 0 Å². The smallest absolute Gasteiger partial charge is 0.0352 e. The molecule has 0 N–H and O–H groups in total. The molecule has 1 aliphatic rings. The van der Waals surface area contributed by atoms with Crippen LogP contribution in [0, 0.1) is 0 Å². The number of hydrogen-bond acceptors (Lipinski definition) is 1. The van der Waals surface area contributed by atoms with E-state index in [1.807, 2.05) is 0 Å². The summed E-state index contributed by atoms with van der Waals surface area (Å²) in [5, 5.41) is 0. The highest BCUT2D eigenvalue weighted by atomic mass is 15.2. The summed E-state index contributed by atoms with van der Waals surface area (Å²) in [6, 6.07) is 9.50. The van der Waals surface area contributed by atoms with E-state index in [-0.39, 0.29) is 0 Å². The van der Waals surface area contributed by atoms with Crippen LogP contribution < -0.4 is 0 Å². The fraction of sp³-hybridized carbons (Fsp3) is 0.500. The first-order valence-corrected chi connectivity index (χ1v) is 5.18. The van der Waals surface area contributed by atoms with E-state index in [1.165, 1.54) is 12.0 Å². The highest BCUT2D eigenvalue weighted by Gasteiger charge is 2.26. The number of nitrogens with zero attached hydrogens (tertiary/aromatic N) is 1. The Labute approximate surface area is 80.4 Å². The highest BCUT2D eigenvalue weighted by Crippen LogP contribution is 2.34. The molecule has 2 rings (SSSR count). The summed E-state index contributed by atoms with van der Waals surface area (Å²) in [4.78, 5) is 2.55. The SMILES string of the molecule is CCC1c2ccccc2CN1CC. The van der Waals surface area contributed by atoms with Gasteiger partial charge in [-0.25, -0.2) is 0 Å². The Morgan fingerprint density at radius 3 is 2.77 bits per heavy atom. The van der Waals surface area contributed by atoms with Crippen LogP contribution in [0.1, 0.15) is 37.4 Å². The van der Waals surface area contributed by atoms with Crippen molar-refractivity contribution in [3.05, 3.63) is 35.4 Å². The number of benzene rings is 1. The molecule has 0 aromatic heterocycles. The van der Waals surface area contributed by atoms with Crippen LogP contribution in [0.2, 0.25) is 0 Å². The monoisotopic (exact) mass is 175 g/mol. The minimum absolute atomic E-state index is 0.668. The quantitative estimate of drug-likeness (QED) is 0.668. The van der Waals surface area contributed by atoms with Gasteiger partial charge in [0.15, 0.2) is 0 Å². The van der Waals surface area contributed by atoms with Gasteiger partial charge in [-0.3, -0.25) is 4.90 Å². The topological polar surface area (TPSA) is 3.24 Å². The van der Waals surface area contributed by atoms with E-state index in [1.54, 1.807) is 5.56 Å². The molecule has 1 unspecified atom stereocenters. The fourth-order valence-corrected chi connectivity index (χ4v) is 2.34. The lowest BCUT2D eigenvalue weighted by molar-refractivity contribution is 0.222. The van der Waals surface area contributed by atoms with Gasteiger partial charge in [0, 0.05) is 12.6 Å². The van der Waals surface area contributed by atoms with E-state index in [0.717, 1.165) is 13.1 Å². The summed E-state index contributed by atoms with van der Waals surface area (Å²) in [6.45, 7) is 6.82. The van der Waals surface area contributed by atoms with E-state index >= 15 is 0 Å². The maximum Gasteiger partial charge on any atom is 0.0352 e. The lowest BCUT2D eigenvalue weighted by atomic mass is 10.0. The van der Waals surface area contributed by atoms with Crippen LogP contribution in [-0.2, 0) is 6.54 Å². The summed E-state index contributed by atoms with van der Waals surface area (Å²) in [7, 11) is 0. The largest absolute Gasteiger partial charge is 0.292 e. The molecule has 1 nitrogen and oxygen atoms in total. The minimum atomic E-state index is 0.668. The molecule has 1 atom stereocenters. The van der Waals surface area contributed by atoms with Gasteiger partial charge in [0.1, 0.15) is 0 Å². The molecule has 1 aromatic rings. The Balaban J connectivity index is 2.34. The van der Waals surface area contributed by atoms with Crippen molar-refractivity contribution < 1.29 is 0 Å². The zero-order valence-corrected chi connectivity index (χ0v) is 8.46. The van der Waals surface area contributed by atoms with Crippen molar-refractivity contribution in [3.8, 4) is 0 Å². The Kier molecular flexibility index (Phi) is 2.36. The normalized spacial score (nSPS) is 21.8. The summed E-state index contributed by atoms with van der Waals surface area (Å²) in [5.41, 5.74) is 3.07. The Morgan fingerprint density at radius 1 is 1.31 bits per heavy atom. The Bertz CT molecular complexity index is 293. The molecule has 13 heavy (non-hydrogen) atoms. The summed E-state index contributed by atoms with van der Waals surface area (Å²) < 4.78 is 0. The molecule has 0 saturated heterocycles. The van der Waals surface area contributed by atoms with Crippen LogP contribution in [0.25, 0.3) is 0 Å². The van der Waals surface area contributed by atoms with Gasteiger partial charge in [-0.2, -0.15) is 0 Å². The first-order valence-electron chi connectivity index (χ1n) is 5.18. The van der Waals surface area contributed by atoms with Crippen LogP contribution >= 0.6 is 0 Å². The second kappa shape index (κ2) is 3.51. The predicted molar refractivity (Wildman–Crippen MR) is 55.6 cm³/mol. The molecule has 0 fully saturated rings. The summed E-state index contributed by atoms with van der Waals surface area (Å²) in [6.07, 6.45) is 1.23. The van der Waals surface area contributed by atoms with E-state index in [9.17, 15) is 0 Å². The van der Waals surface area contributed by atoms with Crippen LogP contribution in [-0.4, -0.2) is 11.4 Å². The van der Waals surface area contributed by atoms with E-state index in [0.29, 0.717) is 6.04 Å². The first-order chi connectivity index (χ1) is 6.36. The average molecular weight is 175 g/mol. The zero-order chi connectivity index (χ0) is 9.26. The lowest BCUT2D eigenvalue weighted by Crippen LogP contribution is -2.20. The average Bonchev–Trinajstić information content (AvgIpc) is 2.55. The van der Waals surface area contributed by atoms with Crippen LogP contribution in [0.4, 0.5) is 0 Å². The number of fused-ring (bicyclic) bond motifs is 1. The molecule has 0 aliphatic carbocycles. The van der Waals surface area contributed by atoms with Gasteiger partial charge in [0.05, 0.1) is 0 Å². The third-order valence-electron chi connectivity index (χ3n) is 3.02. The van der Waals surface area contributed by atoms with Crippen molar-refractivity contribution >= 4 is 0 Å². The molecule has 0 saturated carbocycles. The van der Waals surface area contributed by atoms with Crippen molar-refractivity contribution in [2.24, 2.45) is 0 Å². The van der Waals surface area contributed by atoms with Crippen molar-refractivity contribution in [2.45, 2.75) is 32.9 Å². The van der Waals surface area contributed by atoms with Gasteiger partial charge in [-0.15, -0.1) is 0 Å². The third kappa shape index (κ3) is 1.37. The molecule has 1 heterocycles. The highest BCUT2D eigenvalue weighted by molar-refractivity contribution is 5.33. The van der Waals surface area contributed by atoms with Gasteiger partial charge in [0.25, 0.3) is 0 Å². The van der Waals surface area contributed by atoms with Gasteiger partial charge >= 0.3 is 0 Å². The van der Waals surface area contributed by atoms with E-state index in [4.69, 9.17) is 0 Å². The predicted octanol–water partition coefficient (Wildman–Crippen LogP) is 2.97. The first kappa shape index (κ1) is 8.76. The summed E-state index contributed by atoms with van der Waals surface area (Å²) in [5.74, 6) is 0. The molecule has 1 aliphatic heterocycles. The third-order valence-corrected chi connectivity index (χ3v) is 3.02. The standard InChI is InChI=1S/C12H17N/c1-3-12-11-8-6-5-7-10(11)9-13(12)4-2/h5-8,12H,3-4,9H2,1-2H3. The molecular weight excluding hydrogens is 158 g/mol. The molecule has 0 amide bonds. The van der Waals surface area contributed by atoms with Crippen molar-refractivity contribution in [3.63, 3.8) is 0 Å². The molecule has 1 aromatic carbocycles. The van der Waals surface area contributed by atoms with Gasteiger partial charge < -0.3 is 0 Å². The Morgan fingerprint density at radius 2 is 2.08 bits per heavy atom. The van der Waals surface area contributed by atoms with E-state index < -0.39 is 0 Å². The second-order valence-electron chi connectivity index (χ2n) is 3.69. The summed E-state index contributed by atoms with van der Waals surface area (Å²) >= 11 is 0. The molecular formula is C12H17N. The number of rotatable bonds is 2. The molecule has 1 heteroatoms. The van der Waals surface area contributed by atoms with Crippen molar-refractivity contribution in [1.82, 2.24) is 4.90 Å². The van der Waals surface area contributed by atoms with Crippen LogP contribution in [0.5, 0.6) is 0 Å². The van der Waals surface area contributed by atoms with Crippen molar-refractivity contribution in [2.75, 3.05) is 6.54 Å². The fourth-order valence-electron chi connectivity index (χ4n) is 2.34. The van der Waals surface area contributed by atoms with Gasteiger partial charge in [0.2, 0.25) is 0 Å². The Hall–Kier alpha value is -0.820. The lowest BCUT2D eigenvalue weighted by Gasteiger charge is -2.21. The van der Waals surface area contributed by atoms with Crippen molar-refractivity contribution in [1.29, 1.82) is 0 Å². The molecule has 70 valence electrons.